The molecule has 1 aromatic carbocycles. The van der Waals surface area contributed by atoms with Crippen molar-refractivity contribution in [3.05, 3.63) is 40.7 Å². The van der Waals surface area contributed by atoms with E-state index >= 15 is 0 Å². The Kier molecular flexibility index (Phi) is 6.02. The van der Waals surface area contributed by atoms with Gasteiger partial charge in [0.1, 0.15) is 6.04 Å². The van der Waals surface area contributed by atoms with E-state index in [1.807, 2.05) is 0 Å². The molecule has 8 nitrogen and oxygen atoms in total. The summed E-state index contributed by atoms with van der Waals surface area (Å²) < 4.78 is 28.0. The van der Waals surface area contributed by atoms with E-state index in [0.29, 0.717) is 29.2 Å². The van der Waals surface area contributed by atoms with E-state index in [0.717, 1.165) is 30.2 Å². The molecule has 3 aliphatic rings. The van der Waals surface area contributed by atoms with Gasteiger partial charge in [-0.1, -0.05) is 11.6 Å². The Hall–Kier alpha value is -2.10. The van der Waals surface area contributed by atoms with Gasteiger partial charge in [0.05, 0.1) is 11.3 Å². The molecule has 1 N–H and O–H groups in total. The normalized spacial score (nSPS) is 26.2. The molecule has 2 atom stereocenters. The van der Waals surface area contributed by atoms with Crippen LogP contribution in [0.4, 0.5) is 0 Å². The predicted molar refractivity (Wildman–Crippen MR) is 121 cm³/mol. The molecule has 3 heterocycles. The fourth-order valence-corrected chi connectivity index (χ4v) is 6.98. The zero-order valence-corrected chi connectivity index (χ0v) is 20.2. The van der Waals surface area contributed by atoms with Crippen molar-refractivity contribution in [2.45, 2.75) is 44.0 Å². The van der Waals surface area contributed by atoms with Crippen LogP contribution in [-0.2, 0) is 19.6 Å². The number of amides is 2. The third kappa shape index (κ3) is 4.13. The summed E-state index contributed by atoms with van der Waals surface area (Å²) in [5, 5.41) is 3.02. The Labute approximate surface area is 194 Å². The highest BCUT2D eigenvalue weighted by molar-refractivity contribution is 7.89. The molecule has 2 fully saturated rings. The van der Waals surface area contributed by atoms with Gasteiger partial charge in [-0.25, -0.2) is 8.42 Å². The predicted octanol–water partition coefficient (Wildman–Crippen LogP) is 1.86. The summed E-state index contributed by atoms with van der Waals surface area (Å²) in [6.07, 6.45) is 4.39. The van der Waals surface area contributed by atoms with Crippen LogP contribution in [0.1, 0.15) is 30.4 Å². The highest BCUT2D eigenvalue weighted by Gasteiger charge is 2.45. The molecule has 1 aromatic rings. The Morgan fingerprint density at radius 2 is 1.91 bits per heavy atom. The Morgan fingerprint density at radius 1 is 1.19 bits per heavy atom. The topological polar surface area (TPSA) is 90.0 Å². The van der Waals surface area contributed by atoms with Crippen LogP contribution in [0, 0.1) is 19.3 Å². The minimum Gasteiger partial charge on any atom is -0.342 e. The monoisotopic (exact) mass is 480 g/mol. The molecule has 3 aliphatic heterocycles. The number of likely N-dealkylation sites (tertiary alicyclic amines) is 2. The third-order valence-electron chi connectivity index (χ3n) is 6.86. The summed E-state index contributed by atoms with van der Waals surface area (Å²) in [6, 6.07) is 1.96. The first-order valence-electron chi connectivity index (χ1n) is 10.8. The van der Waals surface area contributed by atoms with Gasteiger partial charge in [0, 0.05) is 42.5 Å². The van der Waals surface area contributed by atoms with Gasteiger partial charge in [-0.05, 0) is 63.5 Å². The molecule has 1 unspecified atom stereocenters. The minimum absolute atomic E-state index is 0.0744. The van der Waals surface area contributed by atoms with Gasteiger partial charge < -0.3 is 15.1 Å². The highest BCUT2D eigenvalue weighted by atomic mass is 35.5. The lowest BCUT2D eigenvalue weighted by Gasteiger charge is -2.32. The molecule has 0 aromatic heterocycles. The second-order valence-electron chi connectivity index (χ2n) is 9.30. The summed E-state index contributed by atoms with van der Waals surface area (Å²) in [6.45, 7) is 6.66. The zero-order valence-electron chi connectivity index (χ0n) is 18.6. The highest BCUT2D eigenvalue weighted by Crippen LogP contribution is 2.39. The molecule has 0 saturated carbocycles. The molecule has 32 heavy (non-hydrogen) atoms. The standard InChI is InChI=1S/C22H29ClN4O4S/c1-15-11-19(16(2)10-17(15)23)32(30,31)27-9-6-24-21(29)18(27)12-20(28)26-8-5-22(14-26)4-7-25(3)13-22/h6,9-11,18H,4-5,7-8,12-14H2,1-3H3,(H,24,29)/t18-,22?/m1/s1. The van der Waals surface area contributed by atoms with Crippen molar-refractivity contribution in [1.82, 2.24) is 19.4 Å². The number of benzene rings is 1. The molecule has 1 spiro atoms. The van der Waals surface area contributed by atoms with Crippen molar-refractivity contribution in [2.75, 3.05) is 33.2 Å². The molecule has 0 radical (unpaired) electrons. The Balaban J connectivity index is 1.56. The average molecular weight is 481 g/mol. The Morgan fingerprint density at radius 3 is 2.59 bits per heavy atom. The summed E-state index contributed by atoms with van der Waals surface area (Å²) in [5.41, 5.74) is 1.22. The van der Waals surface area contributed by atoms with E-state index < -0.39 is 22.0 Å². The molecule has 10 heteroatoms. The number of nitrogens with one attached hydrogen (secondary N) is 1. The molecule has 0 aliphatic carbocycles. The van der Waals surface area contributed by atoms with Crippen LogP contribution in [0.2, 0.25) is 5.02 Å². The number of sulfonamides is 1. The zero-order chi connectivity index (χ0) is 23.3. The fourth-order valence-electron chi connectivity index (χ4n) is 5.02. The average Bonchev–Trinajstić information content (AvgIpc) is 3.31. The van der Waals surface area contributed by atoms with Gasteiger partial charge >= 0.3 is 0 Å². The van der Waals surface area contributed by atoms with Gasteiger partial charge in [0.15, 0.2) is 0 Å². The number of hydrogen-bond donors (Lipinski definition) is 1. The quantitative estimate of drug-likeness (QED) is 0.710. The van der Waals surface area contributed by atoms with Crippen LogP contribution in [-0.4, -0.2) is 73.6 Å². The van der Waals surface area contributed by atoms with Crippen molar-refractivity contribution in [3.8, 4) is 0 Å². The SMILES string of the molecule is Cc1cc(S(=O)(=O)N2C=CNC(=O)[C@H]2CC(=O)N2CCC3(CCN(C)C3)C2)c(C)cc1Cl. The molecule has 174 valence electrons. The number of hydrogen-bond acceptors (Lipinski definition) is 5. The lowest BCUT2D eigenvalue weighted by atomic mass is 9.86. The molecular formula is C22H29ClN4O4S. The number of carbonyl (C=O) groups excluding carboxylic acids is 2. The van der Waals surface area contributed by atoms with E-state index in [1.54, 1.807) is 24.8 Å². The van der Waals surface area contributed by atoms with E-state index in [9.17, 15) is 18.0 Å². The van der Waals surface area contributed by atoms with Crippen molar-refractivity contribution in [2.24, 2.45) is 5.41 Å². The maximum absolute atomic E-state index is 13.5. The van der Waals surface area contributed by atoms with Crippen LogP contribution in [0.3, 0.4) is 0 Å². The summed E-state index contributed by atoms with van der Waals surface area (Å²) in [5.74, 6) is -0.710. The van der Waals surface area contributed by atoms with Crippen molar-refractivity contribution >= 4 is 33.4 Å². The van der Waals surface area contributed by atoms with Gasteiger partial charge in [0.25, 0.3) is 10.0 Å². The summed E-state index contributed by atoms with van der Waals surface area (Å²) in [7, 11) is -1.98. The van der Waals surface area contributed by atoms with Crippen molar-refractivity contribution < 1.29 is 18.0 Å². The van der Waals surface area contributed by atoms with Crippen LogP contribution >= 0.6 is 11.6 Å². The summed E-state index contributed by atoms with van der Waals surface area (Å²) >= 11 is 6.14. The maximum atomic E-state index is 13.5. The first kappa shape index (κ1) is 23.1. The first-order valence-corrected chi connectivity index (χ1v) is 12.6. The van der Waals surface area contributed by atoms with Crippen molar-refractivity contribution in [3.63, 3.8) is 0 Å². The Bertz CT molecular complexity index is 1090. The van der Waals surface area contributed by atoms with Crippen LogP contribution < -0.4 is 5.32 Å². The van der Waals surface area contributed by atoms with Gasteiger partial charge in [-0.15, -0.1) is 0 Å². The lowest BCUT2D eigenvalue weighted by Crippen LogP contribution is -2.51. The molecule has 4 rings (SSSR count). The van der Waals surface area contributed by atoms with E-state index in [2.05, 4.69) is 17.3 Å². The van der Waals surface area contributed by atoms with Crippen molar-refractivity contribution in [1.29, 1.82) is 0 Å². The van der Waals surface area contributed by atoms with Crippen LogP contribution in [0.5, 0.6) is 0 Å². The fraction of sp³-hybridized carbons (Fsp3) is 0.545. The van der Waals surface area contributed by atoms with Crippen LogP contribution in [0.15, 0.2) is 29.4 Å². The smallest absolute Gasteiger partial charge is 0.264 e. The van der Waals surface area contributed by atoms with E-state index in [4.69, 9.17) is 11.6 Å². The number of nitrogens with zero attached hydrogens (tertiary/aromatic N) is 3. The largest absolute Gasteiger partial charge is 0.342 e. The second-order valence-corrected chi connectivity index (χ2v) is 11.5. The number of rotatable bonds is 4. The molecular weight excluding hydrogens is 452 g/mol. The number of aryl methyl sites for hydroxylation is 2. The van der Waals surface area contributed by atoms with Gasteiger partial charge in [-0.2, -0.15) is 0 Å². The number of carbonyl (C=O) groups is 2. The van der Waals surface area contributed by atoms with E-state index in [-0.39, 0.29) is 22.6 Å². The molecule has 2 saturated heterocycles. The maximum Gasteiger partial charge on any atom is 0.264 e. The lowest BCUT2D eigenvalue weighted by molar-refractivity contribution is -0.135. The molecule has 0 bridgehead atoms. The summed E-state index contributed by atoms with van der Waals surface area (Å²) in [4.78, 5) is 29.9. The van der Waals surface area contributed by atoms with E-state index in [1.165, 1.54) is 18.5 Å². The third-order valence-corrected chi connectivity index (χ3v) is 9.19. The second kappa shape index (κ2) is 8.35. The minimum atomic E-state index is -4.06. The van der Waals surface area contributed by atoms with Gasteiger partial charge in [0.2, 0.25) is 11.8 Å². The molecule has 2 amide bonds. The van der Waals surface area contributed by atoms with Gasteiger partial charge in [-0.3, -0.25) is 13.9 Å². The first-order chi connectivity index (χ1) is 15.0. The van der Waals surface area contributed by atoms with Crippen LogP contribution in [0.25, 0.3) is 0 Å². The number of halogens is 1.